The summed E-state index contributed by atoms with van der Waals surface area (Å²) >= 11 is 0. The van der Waals surface area contributed by atoms with E-state index in [2.05, 4.69) is 28.3 Å². The van der Waals surface area contributed by atoms with Crippen molar-refractivity contribution in [3.63, 3.8) is 0 Å². The predicted molar refractivity (Wildman–Crippen MR) is 71.5 cm³/mol. The molecule has 0 radical (unpaired) electrons. The topological polar surface area (TPSA) is 49.9 Å². The summed E-state index contributed by atoms with van der Waals surface area (Å²) in [6.45, 7) is 5.58. The molecular formula is C14H19N3O. The summed E-state index contributed by atoms with van der Waals surface area (Å²) in [7, 11) is 0. The maximum atomic E-state index is 5.64. The number of nitrogens with zero attached hydrogens (tertiary/aromatic N) is 1. The molecule has 0 saturated heterocycles. The molecule has 1 aromatic heterocycles. The molecule has 0 fully saturated rings. The standard InChI is InChI=1S/C14H19N3O/c1-3-18-14-7-5-4-6-13(14)11(2)16-9-12-8-15-10-17-12/h4-8,10-11,16H,3,9H2,1-2H3,(H,15,17). The largest absolute Gasteiger partial charge is 0.494 e. The Labute approximate surface area is 107 Å². The molecule has 0 aliphatic carbocycles. The molecule has 0 aliphatic heterocycles. The number of benzene rings is 1. The van der Waals surface area contributed by atoms with Gasteiger partial charge >= 0.3 is 0 Å². The van der Waals surface area contributed by atoms with Crippen LogP contribution in [0.15, 0.2) is 36.8 Å². The molecule has 1 aromatic carbocycles. The molecular weight excluding hydrogens is 226 g/mol. The van der Waals surface area contributed by atoms with Crippen molar-refractivity contribution >= 4 is 0 Å². The van der Waals surface area contributed by atoms with Crippen molar-refractivity contribution in [1.82, 2.24) is 15.3 Å². The average molecular weight is 245 g/mol. The van der Waals surface area contributed by atoms with E-state index in [9.17, 15) is 0 Å². The van der Waals surface area contributed by atoms with E-state index in [1.165, 1.54) is 5.56 Å². The Morgan fingerprint density at radius 2 is 2.22 bits per heavy atom. The summed E-state index contributed by atoms with van der Waals surface area (Å²) in [5.41, 5.74) is 2.26. The lowest BCUT2D eigenvalue weighted by Gasteiger charge is -2.17. The fourth-order valence-electron chi connectivity index (χ4n) is 1.88. The number of ether oxygens (including phenoxy) is 1. The Morgan fingerprint density at radius 3 is 2.94 bits per heavy atom. The number of nitrogens with one attached hydrogen (secondary N) is 2. The highest BCUT2D eigenvalue weighted by Crippen LogP contribution is 2.24. The minimum absolute atomic E-state index is 0.232. The number of hydrogen-bond donors (Lipinski definition) is 2. The van der Waals surface area contributed by atoms with Gasteiger partial charge in [-0.3, -0.25) is 0 Å². The monoisotopic (exact) mass is 245 g/mol. The zero-order chi connectivity index (χ0) is 12.8. The van der Waals surface area contributed by atoms with Crippen molar-refractivity contribution < 1.29 is 4.74 Å². The Bertz CT molecular complexity index is 468. The molecule has 0 aliphatic rings. The minimum Gasteiger partial charge on any atom is -0.494 e. The molecule has 96 valence electrons. The van der Waals surface area contributed by atoms with E-state index in [0.29, 0.717) is 6.61 Å². The Hall–Kier alpha value is -1.81. The van der Waals surface area contributed by atoms with E-state index in [1.807, 2.05) is 31.3 Å². The van der Waals surface area contributed by atoms with Crippen LogP contribution in [-0.2, 0) is 6.54 Å². The van der Waals surface area contributed by atoms with Crippen molar-refractivity contribution in [2.45, 2.75) is 26.4 Å². The molecule has 2 N–H and O–H groups in total. The molecule has 4 nitrogen and oxygen atoms in total. The van der Waals surface area contributed by atoms with Gasteiger partial charge in [0.1, 0.15) is 5.75 Å². The van der Waals surface area contributed by atoms with E-state index in [0.717, 1.165) is 18.0 Å². The summed E-state index contributed by atoms with van der Waals surface area (Å²) in [6.07, 6.45) is 3.52. The van der Waals surface area contributed by atoms with Crippen LogP contribution in [0.5, 0.6) is 5.75 Å². The molecule has 0 amide bonds. The van der Waals surface area contributed by atoms with Gasteiger partial charge in [0.25, 0.3) is 0 Å². The Morgan fingerprint density at radius 1 is 1.39 bits per heavy atom. The van der Waals surface area contributed by atoms with Gasteiger partial charge < -0.3 is 15.0 Å². The first-order chi connectivity index (χ1) is 8.81. The van der Waals surface area contributed by atoms with Crippen LogP contribution in [0.4, 0.5) is 0 Å². The van der Waals surface area contributed by atoms with Crippen molar-refractivity contribution in [2.75, 3.05) is 6.61 Å². The van der Waals surface area contributed by atoms with Crippen molar-refractivity contribution in [3.8, 4) is 5.75 Å². The first-order valence-corrected chi connectivity index (χ1v) is 6.23. The second-order valence-corrected chi connectivity index (χ2v) is 4.15. The summed E-state index contributed by atoms with van der Waals surface area (Å²) < 4.78 is 5.64. The van der Waals surface area contributed by atoms with Gasteiger partial charge in [-0.2, -0.15) is 0 Å². The number of para-hydroxylation sites is 1. The molecule has 1 heterocycles. The average Bonchev–Trinajstić information content (AvgIpc) is 2.90. The number of imidazole rings is 1. The first-order valence-electron chi connectivity index (χ1n) is 6.23. The van der Waals surface area contributed by atoms with Gasteiger partial charge in [-0.1, -0.05) is 18.2 Å². The van der Waals surface area contributed by atoms with Crippen LogP contribution in [-0.4, -0.2) is 16.6 Å². The Balaban J connectivity index is 2.01. The van der Waals surface area contributed by atoms with E-state index in [-0.39, 0.29) is 6.04 Å². The van der Waals surface area contributed by atoms with Gasteiger partial charge in [-0.05, 0) is 19.9 Å². The third-order valence-corrected chi connectivity index (χ3v) is 2.84. The zero-order valence-corrected chi connectivity index (χ0v) is 10.8. The van der Waals surface area contributed by atoms with Crippen LogP contribution in [0.1, 0.15) is 31.1 Å². The summed E-state index contributed by atoms with van der Waals surface area (Å²) in [5, 5.41) is 3.45. The van der Waals surface area contributed by atoms with Gasteiger partial charge in [0.15, 0.2) is 0 Å². The van der Waals surface area contributed by atoms with Crippen molar-refractivity contribution in [1.29, 1.82) is 0 Å². The highest BCUT2D eigenvalue weighted by molar-refractivity contribution is 5.35. The molecule has 2 aromatic rings. The molecule has 0 bridgehead atoms. The van der Waals surface area contributed by atoms with Crippen LogP contribution >= 0.6 is 0 Å². The molecule has 2 rings (SSSR count). The molecule has 4 heteroatoms. The number of rotatable bonds is 6. The fourth-order valence-corrected chi connectivity index (χ4v) is 1.88. The fraction of sp³-hybridized carbons (Fsp3) is 0.357. The van der Waals surface area contributed by atoms with E-state index >= 15 is 0 Å². The van der Waals surface area contributed by atoms with Crippen LogP contribution in [0.3, 0.4) is 0 Å². The minimum atomic E-state index is 0.232. The SMILES string of the molecule is CCOc1ccccc1C(C)NCc1cnc[nH]1. The molecule has 18 heavy (non-hydrogen) atoms. The Kier molecular flexibility index (Phi) is 4.36. The van der Waals surface area contributed by atoms with E-state index in [4.69, 9.17) is 4.74 Å². The quantitative estimate of drug-likeness (QED) is 0.822. The highest BCUT2D eigenvalue weighted by Gasteiger charge is 2.10. The third kappa shape index (κ3) is 3.11. The number of aromatic amines is 1. The van der Waals surface area contributed by atoms with Crippen LogP contribution in [0.25, 0.3) is 0 Å². The second-order valence-electron chi connectivity index (χ2n) is 4.15. The normalized spacial score (nSPS) is 12.3. The number of aromatic nitrogens is 2. The summed E-state index contributed by atoms with van der Waals surface area (Å²) in [6, 6.07) is 8.36. The van der Waals surface area contributed by atoms with E-state index in [1.54, 1.807) is 6.33 Å². The van der Waals surface area contributed by atoms with Crippen molar-refractivity contribution in [3.05, 3.63) is 48.0 Å². The molecule has 0 saturated carbocycles. The molecule has 0 spiro atoms. The van der Waals surface area contributed by atoms with Gasteiger partial charge in [-0.25, -0.2) is 4.98 Å². The smallest absolute Gasteiger partial charge is 0.124 e. The predicted octanol–water partition coefficient (Wildman–Crippen LogP) is 2.66. The third-order valence-electron chi connectivity index (χ3n) is 2.84. The van der Waals surface area contributed by atoms with Gasteiger partial charge in [0.2, 0.25) is 0 Å². The van der Waals surface area contributed by atoms with Gasteiger partial charge in [0, 0.05) is 30.0 Å². The van der Waals surface area contributed by atoms with Crippen LogP contribution < -0.4 is 10.1 Å². The molecule has 1 unspecified atom stereocenters. The second kappa shape index (κ2) is 6.21. The van der Waals surface area contributed by atoms with Crippen molar-refractivity contribution in [2.24, 2.45) is 0 Å². The lowest BCUT2D eigenvalue weighted by atomic mass is 10.1. The zero-order valence-electron chi connectivity index (χ0n) is 10.8. The van der Waals surface area contributed by atoms with Crippen LogP contribution in [0, 0.1) is 0 Å². The first kappa shape index (κ1) is 12.6. The maximum Gasteiger partial charge on any atom is 0.124 e. The highest BCUT2D eigenvalue weighted by atomic mass is 16.5. The number of H-pyrrole nitrogens is 1. The summed E-state index contributed by atoms with van der Waals surface area (Å²) in [5.74, 6) is 0.949. The van der Waals surface area contributed by atoms with Gasteiger partial charge in [0.05, 0.1) is 12.9 Å². The maximum absolute atomic E-state index is 5.64. The summed E-state index contributed by atoms with van der Waals surface area (Å²) in [4.78, 5) is 7.08. The van der Waals surface area contributed by atoms with Crippen LogP contribution in [0.2, 0.25) is 0 Å². The van der Waals surface area contributed by atoms with E-state index < -0.39 is 0 Å². The van der Waals surface area contributed by atoms with Gasteiger partial charge in [-0.15, -0.1) is 0 Å². The lowest BCUT2D eigenvalue weighted by molar-refractivity contribution is 0.332. The molecule has 1 atom stereocenters. The lowest BCUT2D eigenvalue weighted by Crippen LogP contribution is -2.19. The number of hydrogen-bond acceptors (Lipinski definition) is 3.